The average Bonchev–Trinajstić information content (AvgIpc) is 2.01. The van der Waals surface area contributed by atoms with E-state index >= 15 is 0 Å². The highest BCUT2D eigenvalue weighted by atomic mass is 127. The van der Waals surface area contributed by atoms with E-state index in [2.05, 4.69) is 12.3 Å². The minimum Gasteiger partial charge on any atom is -1.00 e. The van der Waals surface area contributed by atoms with E-state index in [-0.39, 0.29) is 30.6 Å². The summed E-state index contributed by atoms with van der Waals surface area (Å²) in [4.78, 5) is 0. The molecule has 1 heterocycles. The molecule has 0 amide bonds. The number of aliphatic hydroxyl groups excluding tert-OH is 1. The lowest BCUT2D eigenvalue weighted by Crippen LogP contribution is -3.00. The van der Waals surface area contributed by atoms with Crippen LogP contribution in [0.15, 0.2) is 24.5 Å². The van der Waals surface area contributed by atoms with Gasteiger partial charge in [-0.1, -0.05) is 0 Å². The maximum Gasteiger partial charge on any atom is 0.171 e. The summed E-state index contributed by atoms with van der Waals surface area (Å²) in [7, 11) is 2.00. The molecule has 3 heteroatoms. The van der Waals surface area contributed by atoms with Crippen molar-refractivity contribution in [2.24, 2.45) is 7.05 Å². The minimum absolute atomic E-state index is 0. The SMILES string of the molecule is C[n+]1cccc(CCCO)c1.[I-]. The van der Waals surface area contributed by atoms with Crippen LogP contribution in [0.25, 0.3) is 0 Å². The molecule has 0 aliphatic rings. The fourth-order valence-electron chi connectivity index (χ4n) is 1.08. The van der Waals surface area contributed by atoms with Gasteiger partial charge in [0.1, 0.15) is 7.05 Å². The Hall–Kier alpha value is -0.160. The zero-order chi connectivity index (χ0) is 8.10. The molecule has 0 aliphatic carbocycles. The predicted molar refractivity (Wildman–Crippen MR) is 43.0 cm³/mol. The largest absolute Gasteiger partial charge is 1.00 e. The van der Waals surface area contributed by atoms with Crippen molar-refractivity contribution in [1.29, 1.82) is 0 Å². The van der Waals surface area contributed by atoms with Gasteiger partial charge in [-0.25, -0.2) is 4.57 Å². The number of aliphatic hydroxyl groups is 1. The quantitative estimate of drug-likeness (QED) is 0.478. The number of halogens is 1. The highest BCUT2D eigenvalue weighted by molar-refractivity contribution is 5.04. The van der Waals surface area contributed by atoms with E-state index < -0.39 is 0 Å². The van der Waals surface area contributed by atoms with Crippen LogP contribution >= 0.6 is 0 Å². The summed E-state index contributed by atoms with van der Waals surface area (Å²) in [5, 5.41) is 8.59. The minimum atomic E-state index is 0. The van der Waals surface area contributed by atoms with Gasteiger partial charge in [-0.3, -0.25) is 0 Å². The van der Waals surface area contributed by atoms with Crippen molar-refractivity contribution >= 4 is 0 Å². The normalized spacial score (nSPS) is 9.17. The molecular formula is C9H14INO. The third kappa shape index (κ3) is 4.01. The summed E-state index contributed by atoms with van der Waals surface area (Å²) in [6.45, 7) is 0.276. The Morgan fingerprint density at radius 2 is 2.25 bits per heavy atom. The third-order valence-corrected chi connectivity index (χ3v) is 1.62. The maximum atomic E-state index is 8.59. The first-order valence-corrected chi connectivity index (χ1v) is 3.88. The summed E-state index contributed by atoms with van der Waals surface area (Å²) in [6.07, 6.45) is 5.90. The predicted octanol–water partition coefficient (Wildman–Crippen LogP) is -2.56. The third-order valence-electron chi connectivity index (χ3n) is 1.62. The second kappa shape index (κ2) is 6.37. The summed E-state index contributed by atoms with van der Waals surface area (Å²) in [5.74, 6) is 0. The van der Waals surface area contributed by atoms with Crippen LogP contribution in [-0.4, -0.2) is 11.7 Å². The van der Waals surface area contributed by atoms with Gasteiger partial charge in [0.05, 0.1) is 0 Å². The number of rotatable bonds is 3. The summed E-state index contributed by atoms with van der Waals surface area (Å²) in [5.41, 5.74) is 1.28. The van der Waals surface area contributed by atoms with Gasteiger partial charge in [-0.15, -0.1) is 0 Å². The van der Waals surface area contributed by atoms with Crippen molar-refractivity contribution in [1.82, 2.24) is 0 Å². The lowest BCUT2D eigenvalue weighted by atomic mass is 10.2. The molecule has 0 bridgehead atoms. The first-order chi connectivity index (χ1) is 5.33. The van der Waals surface area contributed by atoms with Crippen LogP contribution in [0.5, 0.6) is 0 Å². The average molecular weight is 279 g/mol. The Morgan fingerprint density at radius 3 is 2.83 bits per heavy atom. The molecule has 1 aromatic rings. The second-order valence-electron chi connectivity index (χ2n) is 2.70. The highest BCUT2D eigenvalue weighted by Gasteiger charge is 1.96. The molecule has 0 aliphatic heterocycles. The number of pyridine rings is 1. The van der Waals surface area contributed by atoms with Crippen LogP contribution in [-0.2, 0) is 13.5 Å². The molecule has 0 fully saturated rings. The molecular weight excluding hydrogens is 265 g/mol. The fraction of sp³-hybridized carbons (Fsp3) is 0.444. The summed E-state index contributed by atoms with van der Waals surface area (Å²) >= 11 is 0. The van der Waals surface area contributed by atoms with Gasteiger partial charge < -0.3 is 29.1 Å². The molecule has 1 aromatic heterocycles. The van der Waals surface area contributed by atoms with E-state index in [4.69, 9.17) is 5.11 Å². The second-order valence-corrected chi connectivity index (χ2v) is 2.70. The van der Waals surface area contributed by atoms with Crippen LogP contribution in [0, 0.1) is 0 Å². The number of hydrogen-bond donors (Lipinski definition) is 1. The van der Waals surface area contributed by atoms with Crippen LogP contribution in [0.2, 0.25) is 0 Å². The Morgan fingerprint density at radius 1 is 1.50 bits per heavy atom. The molecule has 0 aromatic carbocycles. The van der Waals surface area contributed by atoms with Gasteiger partial charge in [-0.2, -0.15) is 0 Å². The van der Waals surface area contributed by atoms with Gasteiger partial charge >= 0.3 is 0 Å². The van der Waals surface area contributed by atoms with Crippen molar-refractivity contribution in [3.8, 4) is 0 Å². The number of aromatic nitrogens is 1. The van der Waals surface area contributed by atoms with Crippen LogP contribution in [0.1, 0.15) is 12.0 Å². The standard InChI is InChI=1S/C9H14NO.HI/c1-10-6-2-4-9(8-10)5-3-7-11;/h2,4,6,8,11H,3,5,7H2,1H3;1H/q+1;/p-1. The molecule has 0 atom stereocenters. The van der Waals surface area contributed by atoms with Gasteiger partial charge in [-0.05, 0) is 18.9 Å². The van der Waals surface area contributed by atoms with Crippen molar-refractivity contribution in [2.75, 3.05) is 6.61 Å². The lowest BCUT2D eigenvalue weighted by molar-refractivity contribution is -0.671. The van der Waals surface area contributed by atoms with Crippen molar-refractivity contribution < 1.29 is 33.7 Å². The molecule has 0 spiro atoms. The maximum absolute atomic E-state index is 8.59. The van der Waals surface area contributed by atoms with E-state index in [1.807, 2.05) is 23.9 Å². The number of hydrogen-bond acceptors (Lipinski definition) is 1. The molecule has 1 N–H and O–H groups in total. The summed E-state index contributed by atoms with van der Waals surface area (Å²) < 4.78 is 2.02. The molecule has 68 valence electrons. The molecule has 2 nitrogen and oxygen atoms in total. The van der Waals surface area contributed by atoms with E-state index in [0.717, 1.165) is 12.8 Å². The van der Waals surface area contributed by atoms with Crippen molar-refractivity contribution in [3.63, 3.8) is 0 Å². The lowest BCUT2D eigenvalue weighted by Gasteiger charge is -1.95. The monoisotopic (exact) mass is 279 g/mol. The fourth-order valence-corrected chi connectivity index (χ4v) is 1.08. The highest BCUT2D eigenvalue weighted by Crippen LogP contribution is 1.97. The zero-order valence-corrected chi connectivity index (χ0v) is 9.36. The molecule has 0 saturated carbocycles. The smallest absolute Gasteiger partial charge is 0.171 e. The molecule has 0 radical (unpaired) electrons. The first kappa shape index (κ1) is 11.8. The van der Waals surface area contributed by atoms with Crippen molar-refractivity contribution in [3.05, 3.63) is 30.1 Å². The van der Waals surface area contributed by atoms with E-state index in [1.54, 1.807) is 0 Å². The Labute approximate surface area is 90.3 Å². The summed E-state index contributed by atoms with van der Waals surface area (Å²) in [6, 6.07) is 4.10. The van der Waals surface area contributed by atoms with Crippen LogP contribution in [0.3, 0.4) is 0 Å². The van der Waals surface area contributed by atoms with E-state index in [1.165, 1.54) is 5.56 Å². The molecule has 0 saturated heterocycles. The molecule has 0 unspecified atom stereocenters. The zero-order valence-electron chi connectivity index (χ0n) is 7.20. The number of nitrogens with zero attached hydrogens (tertiary/aromatic N) is 1. The van der Waals surface area contributed by atoms with Gasteiger partial charge in [0, 0.05) is 18.2 Å². The Balaban J connectivity index is 0.00000121. The van der Waals surface area contributed by atoms with Crippen LogP contribution < -0.4 is 28.5 Å². The van der Waals surface area contributed by atoms with E-state index in [0.29, 0.717) is 0 Å². The van der Waals surface area contributed by atoms with Crippen LogP contribution in [0.4, 0.5) is 0 Å². The molecule has 12 heavy (non-hydrogen) atoms. The van der Waals surface area contributed by atoms with Gasteiger partial charge in [0.2, 0.25) is 0 Å². The number of aryl methyl sites for hydroxylation is 2. The van der Waals surface area contributed by atoms with E-state index in [9.17, 15) is 0 Å². The van der Waals surface area contributed by atoms with Crippen molar-refractivity contribution in [2.45, 2.75) is 12.8 Å². The first-order valence-electron chi connectivity index (χ1n) is 3.88. The van der Waals surface area contributed by atoms with Gasteiger partial charge in [0.15, 0.2) is 12.4 Å². The Bertz CT molecular complexity index is 228. The topological polar surface area (TPSA) is 24.1 Å². The Kier molecular flexibility index (Phi) is 6.28. The van der Waals surface area contributed by atoms with Gasteiger partial charge in [0.25, 0.3) is 0 Å². The molecule has 1 rings (SSSR count).